The first-order valence-corrected chi connectivity index (χ1v) is 7.11. The summed E-state index contributed by atoms with van der Waals surface area (Å²) in [6.07, 6.45) is 0. The van der Waals surface area contributed by atoms with E-state index in [4.69, 9.17) is 9.47 Å². The van der Waals surface area contributed by atoms with Gasteiger partial charge < -0.3 is 14.8 Å². The fourth-order valence-electron chi connectivity index (χ4n) is 2.56. The third-order valence-corrected chi connectivity index (χ3v) is 3.59. The maximum absolute atomic E-state index is 5.42. The Morgan fingerprint density at radius 2 is 1.73 bits per heavy atom. The molecule has 0 fully saturated rings. The Kier molecular flexibility index (Phi) is 2.85. The van der Waals surface area contributed by atoms with Crippen molar-refractivity contribution >= 4 is 22.4 Å². The summed E-state index contributed by atoms with van der Waals surface area (Å²) in [5, 5.41) is 4.42. The van der Waals surface area contributed by atoms with E-state index in [1.54, 1.807) is 0 Å². The predicted octanol–water partition coefficient (Wildman–Crippen LogP) is 3.72. The van der Waals surface area contributed by atoms with Gasteiger partial charge in [-0.1, -0.05) is 0 Å². The van der Waals surface area contributed by atoms with Gasteiger partial charge in [0.05, 0.1) is 5.69 Å². The summed E-state index contributed by atoms with van der Waals surface area (Å²) in [5.74, 6) is 1.53. The maximum Gasteiger partial charge on any atom is 0.231 e. The van der Waals surface area contributed by atoms with Crippen LogP contribution in [0.25, 0.3) is 11.0 Å². The quantitative estimate of drug-likeness (QED) is 0.780. The Bertz CT molecular complexity index is 872. The number of aromatic nitrogens is 2. The topological polar surface area (TPSA) is 56.3 Å². The lowest BCUT2D eigenvalue weighted by atomic mass is 10.2. The number of rotatable bonds is 2. The van der Waals surface area contributed by atoms with Crippen LogP contribution < -0.4 is 14.8 Å². The highest BCUT2D eigenvalue weighted by atomic mass is 16.7. The van der Waals surface area contributed by atoms with Crippen molar-refractivity contribution in [3.63, 3.8) is 0 Å². The minimum atomic E-state index is 0.277. The average molecular weight is 293 g/mol. The first kappa shape index (κ1) is 12.9. The van der Waals surface area contributed by atoms with Crippen molar-refractivity contribution in [3.05, 3.63) is 47.8 Å². The van der Waals surface area contributed by atoms with Gasteiger partial charge in [0.25, 0.3) is 0 Å². The van der Waals surface area contributed by atoms with Gasteiger partial charge in [0.2, 0.25) is 6.79 Å². The monoisotopic (exact) mass is 293 g/mol. The molecule has 22 heavy (non-hydrogen) atoms. The second kappa shape index (κ2) is 4.87. The molecule has 0 atom stereocenters. The molecule has 3 heterocycles. The Hall–Kier alpha value is -2.82. The van der Waals surface area contributed by atoms with E-state index in [1.165, 1.54) is 0 Å². The number of benzene rings is 1. The third-order valence-electron chi connectivity index (χ3n) is 3.59. The summed E-state index contributed by atoms with van der Waals surface area (Å²) in [7, 11) is 0. The SMILES string of the molecule is Cc1ccc2c(Nc3ccc4c(c3)OCO4)cc(C)nc2n1. The molecule has 5 heteroatoms. The molecule has 1 aromatic carbocycles. The molecule has 0 bridgehead atoms. The van der Waals surface area contributed by atoms with E-state index in [0.29, 0.717) is 0 Å². The zero-order valence-electron chi connectivity index (χ0n) is 12.4. The fraction of sp³-hybridized carbons (Fsp3) is 0.176. The summed E-state index contributed by atoms with van der Waals surface area (Å²) in [6.45, 7) is 4.21. The van der Waals surface area contributed by atoms with Crippen LogP contribution in [0, 0.1) is 13.8 Å². The summed E-state index contributed by atoms with van der Waals surface area (Å²) >= 11 is 0. The Morgan fingerprint density at radius 3 is 2.64 bits per heavy atom. The van der Waals surface area contributed by atoms with E-state index < -0.39 is 0 Å². The van der Waals surface area contributed by atoms with Crippen LogP contribution >= 0.6 is 0 Å². The molecular formula is C17H15N3O2. The van der Waals surface area contributed by atoms with Crippen molar-refractivity contribution in [1.29, 1.82) is 0 Å². The lowest BCUT2D eigenvalue weighted by Gasteiger charge is -2.11. The summed E-state index contributed by atoms with van der Waals surface area (Å²) < 4.78 is 10.8. The first-order valence-electron chi connectivity index (χ1n) is 7.11. The Morgan fingerprint density at radius 1 is 0.909 bits per heavy atom. The molecule has 0 spiro atoms. The number of fused-ring (bicyclic) bond motifs is 2. The van der Waals surface area contributed by atoms with Crippen LogP contribution in [0.15, 0.2) is 36.4 Å². The van der Waals surface area contributed by atoms with Crippen LogP contribution in [-0.4, -0.2) is 16.8 Å². The zero-order chi connectivity index (χ0) is 15.1. The zero-order valence-corrected chi connectivity index (χ0v) is 12.4. The molecule has 0 aliphatic carbocycles. The second-order valence-corrected chi connectivity index (χ2v) is 5.33. The van der Waals surface area contributed by atoms with Crippen LogP contribution in [0.1, 0.15) is 11.4 Å². The number of nitrogens with zero attached hydrogens (tertiary/aromatic N) is 2. The molecule has 110 valence electrons. The minimum Gasteiger partial charge on any atom is -0.454 e. The third kappa shape index (κ3) is 2.20. The number of ether oxygens (including phenoxy) is 2. The summed E-state index contributed by atoms with van der Waals surface area (Å²) in [6, 6.07) is 11.9. The normalized spacial score (nSPS) is 12.6. The molecule has 1 aliphatic heterocycles. The summed E-state index contributed by atoms with van der Waals surface area (Å²) in [5.41, 5.74) is 4.56. The van der Waals surface area contributed by atoms with Gasteiger partial charge in [-0.15, -0.1) is 0 Å². The van der Waals surface area contributed by atoms with E-state index in [0.717, 1.165) is 45.3 Å². The van der Waals surface area contributed by atoms with Crippen LogP contribution in [0.3, 0.4) is 0 Å². The highest BCUT2D eigenvalue weighted by Crippen LogP contribution is 2.36. The molecule has 0 unspecified atom stereocenters. The van der Waals surface area contributed by atoms with Crippen molar-refractivity contribution in [3.8, 4) is 11.5 Å². The molecule has 5 nitrogen and oxygen atoms in total. The lowest BCUT2D eigenvalue weighted by Crippen LogP contribution is -1.97. The van der Waals surface area contributed by atoms with Gasteiger partial charge in [-0.2, -0.15) is 0 Å². The van der Waals surface area contributed by atoms with Crippen LogP contribution in [-0.2, 0) is 0 Å². The van der Waals surface area contributed by atoms with Crippen molar-refractivity contribution in [2.75, 3.05) is 12.1 Å². The fourth-order valence-corrected chi connectivity index (χ4v) is 2.56. The number of anilines is 2. The maximum atomic E-state index is 5.42. The van der Waals surface area contributed by atoms with Gasteiger partial charge in [-0.05, 0) is 44.2 Å². The minimum absolute atomic E-state index is 0.277. The largest absolute Gasteiger partial charge is 0.454 e. The van der Waals surface area contributed by atoms with E-state index in [2.05, 4.69) is 15.3 Å². The van der Waals surface area contributed by atoms with Crippen molar-refractivity contribution < 1.29 is 9.47 Å². The van der Waals surface area contributed by atoms with Gasteiger partial charge in [0.1, 0.15) is 0 Å². The van der Waals surface area contributed by atoms with Gasteiger partial charge in [0.15, 0.2) is 17.1 Å². The molecular weight excluding hydrogens is 278 g/mol. The Balaban J connectivity index is 1.78. The van der Waals surface area contributed by atoms with E-state index in [9.17, 15) is 0 Å². The van der Waals surface area contributed by atoms with E-state index in [-0.39, 0.29) is 6.79 Å². The van der Waals surface area contributed by atoms with E-state index >= 15 is 0 Å². The predicted molar refractivity (Wildman–Crippen MR) is 84.9 cm³/mol. The number of hydrogen-bond acceptors (Lipinski definition) is 5. The standard InChI is InChI=1S/C17H15N3O2/c1-10-3-5-13-14(7-11(2)19-17(13)18-10)20-12-4-6-15-16(8-12)22-9-21-15/h3-8H,9H2,1-2H3,(H,18,19,20). The molecule has 0 saturated carbocycles. The molecule has 2 aromatic heterocycles. The second-order valence-electron chi connectivity index (χ2n) is 5.33. The van der Waals surface area contributed by atoms with Crippen molar-refractivity contribution in [2.24, 2.45) is 0 Å². The average Bonchev–Trinajstić information content (AvgIpc) is 2.94. The molecule has 1 N–H and O–H groups in total. The van der Waals surface area contributed by atoms with E-state index in [1.807, 2.05) is 50.2 Å². The van der Waals surface area contributed by atoms with Gasteiger partial charge in [0, 0.05) is 28.5 Å². The van der Waals surface area contributed by atoms with Crippen molar-refractivity contribution in [2.45, 2.75) is 13.8 Å². The number of hydrogen-bond donors (Lipinski definition) is 1. The van der Waals surface area contributed by atoms with Crippen LogP contribution in [0.2, 0.25) is 0 Å². The van der Waals surface area contributed by atoms with Crippen LogP contribution in [0.4, 0.5) is 11.4 Å². The van der Waals surface area contributed by atoms with Crippen LogP contribution in [0.5, 0.6) is 11.5 Å². The molecule has 0 amide bonds. The summed E-state index contributed by atoms with van der Waals surface area (Å²) in [4.78, 5) is 9.00. The highest BCUT2D eigenvalue weighted by Gasteiger charge is 2.14. The first-order chi connectivity index (χ1) is 10.7. The van der Waals surface area contributed by atoms with Gasteiger partial charge in [-0.3, -0.25) is 0 Å². The smallest absolute Gasteiger partial charge is 0.231 e. The highest BCUT2D eigenvalue weighted by molar-refractivity contribution is 5.91. The lowest BCUT2D eigenvalue weighted by molar-refractivity contribution is 0.174. The number of nitrogens with one attached hydrogen (secondary N) is 1. The van der Waals surface area contributed by atoms with Gasteiger partial charge >= 0.3 is 0 Å². The Labute approximate surface area is 127 Å². The van der Waals surface area contributed by atoms with Gasteiger partial charge in [-0.25, -0.2) is 9.97 Å². The molecule has 4 rings (SSSR count). The molecule has 0 saturated heterocycles. The molecule has 0 radical (unpaired) electrons. The molecule has 3 aromatic rings. The van der Waals surface area contributed by atoms with Crippen molar-refractivity contribution in [1.82, 2.24) is 9.97 Å². The number of pyridine rings is 2. The number of aryl methyl sites for hydroxylation is 2. The molecule has 1 aliphatic rings.